The van der Waals surface area contributed by atoms with Crippen molar-refractivity contribution in [3.63, 3.8) is 0 Å². The molecule has 0 spiro atoms. The lowest BCUT2D eigenvalue weighted by molar-refractivity contribution is 0.206. The average molecular weight is 415 g/mol. The molecule has 4 aromatic rings. The molecule has 0 saturated heterocycles. The van der Waals surface area contributed by atoms with Gasteiger partial charge in [-0.25, -0.2) is 4.79 Å². The van der Waals surface area contributed by atoms with Crippen LogP contribution in [0.25, 0.3) is 10.9 Å². The van der Waals surface area contributed by atoms with Gasteiger partial charge >= 0.3 is 6.03 Å². The van der Waals surface area contributed by atoms with E-state index in [1.165, 1.54) is 6.26 Å². The molecule has 4 rings (SSSR count). The first-order valence-corrected chi connectivity index (χ1v) is 9.26. The second-order valence-corrected chi connectivity index (χ2v) is 6.97. The second-order valence-electron chi connectivity index (χ2n) is 6.57. The highest BCUT2D eigenvalue weighted by atomic mass is 35.5. The minimum atomic E-state index is -0.181. The summed E-state index contributed by atoms with van der Waals surface area (Å²) in [6.45, 7) is 1.08. The highest BCUT2D eigenvalue weighted by Gasteiger charge is 2.12. The van der Waals surface area contributed by atoms with Gasteiger partial charge in [-0.3, -0.25) is 5.10 Å². The Morgan fingerprint density at radius 3 is 3.03 bits per heavy atom. The Bertz CT molecular complexity index is 1090. The van der Waals surface area contributed by atoms with Crippen LogP contribution in [0.1, 0.15) is 17.0 Å². The first-order valence-electron chi connectivity index (χ1n) is 8.88. The van der Waals surface area contributed by atoms with Gasteiger partial charge in [0.25, 0.3) is 0 Å². The number of H-pyrrole nitrogens is 2. The van der Waals surface area contributed by atoms with Crippen LogP contribution in [0, 0.1) is 0 Å². The number of amides is 2. The summed E-state index contributed by atoms with van der Waals surface area (Å²) in [5, 5.41) is 14.7. The second kappa shape index (κ2) is 8.27. The third kappa shape index (κ3) is 4.52. The Morgan fingerprint density at radius 2 is 2.28 bits per heavy atom. The van der Waals surface area contributed by atoms with Crippen molar-refractivity contribution in [2.75, 3.05) is 7.05 Å². The Balaban J connectivity index is 1.38. The third-order valence-electron chi connectivity index (χ3n) is 4.35. The molecule has 10 heteroatoms. The molecule has 9 nitrogen and oxygen atoms in total. The fraction of sp³-hybridized carbons (Fsp3) is 0.211. The molecule has 0 atom stereocenters. The number of urea groups is 1. The van der Waals surface area contributed by atoms with Crippen molar-refractivity contribution in [3.05, 3.63) is 64.9 Å². The van der Waals surface area contributed by atoms with Crippen LogP contribution in [0.3, 0.4) is 0 Å². The maximum Gasteiger partial charge on any atom is 0.317 e. The largest absolute Gasteiger partial charge is 0.486 e. The Labute approximate surface area is 171 Å². The molecule has 0 fully saturated rings. The zero-order valence-electron chi connectivity index (χ0n) is 15.6. The number of hydrogen-bond acceptors (Lipinski definition) is 5. The minimum absolute atomic E-state index is 0.181. The van der Waals surface area contributed by atoms with E-state index in [0.717, 1.165) is 22.2 Å². The van der Waals surface area contributed by atoms with Crippen LogP contribution in [0.2, 0.25) is 5.02 Å². The lowest BCUT2D eigenvalue weighted by Gasteiger charge is -2.16. The molecule has 2 amide bonds. The van der Waals surface area contributed by atoms with Crippen LogP contribution in [0.15, 0.2) is 47.4 Å². The molecule has 150 valence electrons. The molecule has 3 heterocycles. The van der Waals surface area contributed by atoms with E-state index >= 15 is 0 Å². The Hall–Kier alpha value is -3.46. The van der Waals surface area contributed by atoms with Gasteiger partial charge in [0.05, 0.1) is 24.3 Å². The molecule has 0 aliphatic carbocycles. The van der Waals surface area contributed by atoms with Crippen molar-refractivity contribution in [2.24, 2.45) is 0 Å². The predicted octanol–water partition coefficient (Wildman–Crippen LogP) is 3.45. The van der Waals surface area contributed by atoms with Crippen molar-refractivity contribution in [3.8, 4) is 5.75 Å². The fourth-order valence-corrected chi connectivity index (χ4v) is 3.10. The number of carbonyl (C=O) groups is 1. The van der Waals surface area contributed by atoms with Gasteiger partial charge in [0, 0.05) is 47.5 Å². The van der Waals surface area contributed by atoms with Gasteiger partial charge < -0.3 is 24.5 Å². The quantitative estimate of drug-likeness (QED) is 0.428. The van der Waals surface area contributed by atoms with E-state index in [-0.39, 0.29) is 12.6 Å². The Morgan fingerprint density at radius 1 is 1.38 bits per heavy atom. The molecular formula is C19H19ClN6O3. The van der Waals surface area contributed by atoms with E-state index in [2.05, 4.69) is 25.7 Å². The fourth-order valence-electron chi connectivity index (χ4n) is 2.88. The monoisotopic (exact) mass is 414 g/mol. The molecule has 0 radical (unpaired) electrons. The number of halogens is 1. The van der Waals surface area contributed by atoms with Crippen molar-refractivity contribution >= 4 is 28.5 Å². The smallest absolute Gasteiger partial charge is 0.317 e. The molecule has 3 aromatic heterocycles. The standard InChI is InChI=1S/C19H19ClN6O3/c1-26(10-12-7-22-23-8-12)19(27)21-9-15-4-13-5-16(20)18(6-17(13)24-15)28-11-14-2-3-29-25-14/h2-8,24H,9-11H2,1H3,(H,21,27)(H,22,23). The predicted molar refractivity (Wildman–Crippen MR) is 106 cm³/mol. The highest BCUT2D eigenvalue weighted by molar-refractivity contribution is 6.32. The SMILES string of the molecule is CN(Cc1cn[nH]c1)C(=O)NCc1cc2cc(Cl)c(OCc3ccon3)cc2[nH]1. The number of nitrogens with one attached hydrogen (secondary N) is 3. The summed E-state index contributed by atoms with van der Waals surface area (Å²) in [6, 6.07) is 7.14. The number of benzene rings is 1. The number of fused-ring (bicyclic) bond motifs is 1. The van der Waals surface area contributed by atoms with Crippen molar-refractivity contribution < 1.29 is 14.1 Å². The zero-order chi connectivity index (χ0) is 20.2. The summed E-state index contributed by atoms with van der Waals surface area (Å²) < 4.78 is 10.5. The molecule has 0 saturated carbocycles. The third-order valence-corrected chi connectivity index (χ3v) is 4.64. The number of rotatable bonds is 7. The maximum absolute atomic E-state index is 12.3. The normalized spacial score (nSPS) is 11.0. The molecule has 3 N–H and O–H groups in total. The van der Waals surface area contributed by atoms with E-state index < -0.39 is 0 Å². The van der Waals surface area contributed by atoms with Crippen LogP contribution < -0.4 is 10.1 Å². The summed E-state index contributed by atoms with van der Waals surface area (Å²) in [4.78, 5) is 17.1. The maximum atomic E-state index is 12.3. The van der Waals surface area contributed by atoms with E-state index in [4.69, 9.17) is 20.9 Å². The van der Waals surface area contributed by atoms with Crippen LogP contribution in [0.5, 0.6) is 5.75 Å². The number of aromatic amines is 2. The van der Waals surface area contributed by atoms with Crippen molar-refractivity contribution in [1.82, 2.24) is 30.6 Å². The van der Waals surface area contributed by atoms with Crippen LogP contribution >= 0.6 is 11.6 Å². The van der Waals surface area contributed by atoms with Gasteiger partial charge in [-0.15, -0.1) is 0 Å². The van der Waals surface area contributed by atoms with Gasteiger partial charge in [-0.05, 0) is 12.1 Å². The van der Waals surface area contributed by atoms with E-state index in [1.807, 2.05) is 18.2 Å². The number of carbonyl (C=O) groups excluding carboxylic acids is 1. The van der Waals surface area contributed by atoms with Crippen molar-refractivity contribution in [1.29, 1.82) is 0 Å². The van der Waals surface area contributed by atoms with Gasteiger partial charge in [0.15, 0.2) is 0 Å². The molecule has 0 aliphatic rings. The summed E-state index contributed by atoms with van der Waals surface area (Å²) in [6.07, 6.45) is 4.93. The van der Waals surface area contributed by atoms with E-state index in [0.29, 0.717) is 29.6 Å². The Kier molecular flexibility index (Phi) is 5.39. The van der Waals surface area contributed by atoms with Crippen LogP contribution in [-0.2, 0) is 19.7 Å². The molecule has 0 unspecified atom stereocenters. The number of hydrogen-bond donors (Lipinski definition) is 3. The number of nitrogens with zero attached hydrogens (tertiary/aromatic N) is 3. The molecule has 0 aliphatic heterocycles. The van der Waals surface area contributed by atoms with Crippen molar-refractivity contribution in [2.45, 2.75) is 19.7 Å². The van der Waals surface area contributed by atoms with E-state index in [9.17, 15) is 4.79 Å². The number of ether oxygens (including phenoxy) is 1. The lowest BCUT2D eigenvalue weighted by atomic mass is 10.2. The minimum Gasteiger partial charge on any atom is -0.486 e. The first-order chi connectivity index (χ1) is 14.1. The van der Waals surface area contributed by atoms with Crippen LogP contribution in [-0.4, -0.2) is 38.3 Å². The first kappa shape index (κ1) is 18.9. The lowest BCUT2D eigenvalue weighted by Crippen LogP contribution is -2.36. The highest BCUT2D eigenvalue weighted by Crippen LogP contribution is 2.31. The van der Waals surface area contributed by atoms with Gasteiger partial charge in [-0.1, -0.05) is 16.8 Å². The molecular weight excluding hydrogens is 396 g/mol. The van der Waals surface area contributed by atoms with Gasteiger partial charge in [0.2, 0.25) is 0 Å². The summed E-state index contributed by atoms with van der Waals surface area (Å²) in [7, 11) is 1.73. The molecule has 1 aromatic carbocycles. The average Bonchev–Trinajstić information content (AvgIpc) is 3.46. The van der Waals surface area contributed by atoms with Gasteiger partial charge in [0.1, 0.15) is 24.3 Å². The van der Waals surface area contributed by atoms with Crippen LogP contribution in [0.4, 0.5) is 4.79 Å². The molecule has 0 bridgehead atoms. The van der Waals surface area contributed by atoms with Gasteiger partial charge in [-0.2, -0.15) is 5.10 Å². The number of aromatic nitrogens is 4. The zero-order valence-corrected chi connectivity index (χ0v) is 16.4. The summed E-state index contributed by atoms with van der Waals surface area (Å²) >= 11 is 6.32. The topological polar surface area (TPSA) is 112 Å². The molecule has 29 heavy (non-hydrogen) atoms. The summed E-state index contributed by atoms with van der Waals surface area (Å²) in [5.74, 6) is 0.541. The van der Waals surface area contributed by atoms with E-state index in [1.54, 1.807) is 30.4 Å². The summed E-state index contributed by atoms with van der Waals surface area (Å²) in [5.41, 5.74) is 3.33.